The average molecular weight is 398 g/mol. The molecule has 1 heterocycles. The fourth-order valence-electron chi connectivity index (χ4n) is 3.41. The molecule has 0 bridgehead atoms. The lowest BCUT2D eigenvalue weighted by Crippen LogP contribution is -2.34. The summed E-state index contributed by atoms with van der Waals surface area (Å²) >= 11 is 0. The van der Waals surface area contributed by atoms with Crippen LogP contribution in [0.1, 0.15) is 48.1 Å². The number of hydrogen-bond acceptors (Lipinski definition) is 4. The zero-order chi connectivity index (χ0) is 20.8. The molecule has 154 valence electrons. The number of carbonyl (C=O) groups excluding carboxylic acids is 2. The normalized spacial score (nSPS) is 18.4. The van der Waals surface area contributed by atoms with Crippen LogP contribution >= 0.6 is 0 Å². The summed E-state index contributed by atoms with van der Waals surface area (Å²) in [5.74, 6) is -0.232. The van der Waals surface area contributed by atoms with Gasteiger partial charge in [0.2, 0.25) is 0 Å². The van der Waals surface area contributed by atoms with Crippen LogP contribution in [0, 0.1) is 5.82 Å². The van der Waals surface area contributed by atoms with Crippen molar-refractivity contribution in [3.05, 3.63) is 65.5 Å². The lowest BCUT2D eigenvalue weighted by Gasteiger charge is -2.19. The Hall–Kier alpha value is -2.77. The maximum atomic E-state index is 13.1. The number of benzene rings is 2. The summed E-state index contributed by atoms with van der Waals surface area (Å²) in [4.78, 5) is 25.3. The summed E-state index contributed by atoms with van der Waals surface area (Å²) in [5.41, 5.74) is 8.89. The first-order valence-corrected chi connectivity index (χ1v) is 9.82. The molecular weight excluding hydrogens is 371 g/mol. The number of nitrogens with zero attached hydrogens (tertiary/aromatic N) is 1. The lowest BCUT2D eigenvalue weighted by atomic mass is 10.00. The van der Waals surface area contributed by atoms with Crippen molar-refractivity contribution in [3.63, 3.8) is 0 Å². The van der Waals surface area contributed by atoms with Crippen molar-refractivity contribution in [2.75, 3.05) is 18.9 Å². The summed E-state index contributed by atoms with van der Waals surface area (Å²) in [6.07, 6.45) is 2.71. The first-order valence-electron chi connectivity index (χ1n) is 9.82. The number of hydrogen-bond donors (Lipinski definition) is 3. The monoisotopic (exact) mass is 398 g/mol. The largest absolute Gasteiger partial charge is 0.328 e. The van der Waals surface area contributed by atoms with Gasteiger partial charge in [0.15, 0.2) is 5.78 Å². The van der Waals surface area contributed by atoms with Crippen molar-refractivity contribution in [2.24, 2.45) is 0 Å². The Labute approximate surface area is 170 Å². The van der Waals surface area contributed by atoms with Gasteiger partial charge in [-0.1, -0.05) is 12.1 Å². The van der Waals surface area contributed by atoms with Crippen molar-refractivity contribution in [3.8, 4) is 0 Å². The smallest absolute Gasteiger partial charge is 0.321 e. The van der Waals surface area contributed by atoms with Gasteiger partial charge < -0.3 is 10.2 Å². The van der Waals surface area contributed by atoms with Crippen LogP contribution in [0.3, 0.4) is 0 Å². The van der Waals surface area contributed by atoms with Crippen molar-refractivity contribution in [1.29, 1.82) is 0 Å². The highest BCUT2D eigenvalue weighted by Crippen LogP contribution is 2.24. The molecule has 2 unspecified atom stereocenters. The molecule has 0 aromatic heterocycles. The summed E-state index contributed by atoms with van der Waals surface area (Å²) in [6, 6.07) is 13.7. The van der Waals surface area contributed by atoms with Gasteiger partial charge in [-0.05, 0) is 68.1 Å². The average Bonchev–Trinajstić information content (AvgIpc) is 3.17. The van der Waals surface area contributed by atoms with Crippen LogP contribution in [0.4, 0.5) is 14.9 Å². The fraction of sp³-hybridized carbons (Fsp3) is 0.364. The number of Topliss-reactive ketones (excluding diaryl/α,β-unsaturated/α-hetero) is 1. The van der Waals surface area contributed by atoms with Gasteiger partial charge in [-0.2, -0.15) is 0 Å². The molecule has 2 aromatic rings. The second-order valence-corrected chi connectivity index (χ2v) is 7.45. The zero-order valence-corrected chi connectivity index (χ0v) is 16.7. The second-order valence-electron chi connectivity index (χ2n) is 7.45. The van der Waals surface area contributed by atoms with E-state index in [2.05, 4.69) is 16.2 Å². The molecule has 1 fully saturated rings. The van der Waals surface area contributed by atoms with Crippen LogP contribution in [0.25, 0.3) is 0 Å². The molecule has 2 atom stereocenters. The number of carbonyl (C=O) groups is 2. The number of anilines is 1. The van der Waals surface area contributed by atoms with Crippen LogP contribution in [0.5, 0.6) is 0 Å². The molecule has 1 aliphatic heterocycles. The Morgan fingerprint density at radius 3 is 2.45 bits per heavy atom. The number of halogens is 1. The third-order valence-electron chi connectivity index (χ3n) is 5.19. The molecule has 0 saturated carbocycles. The van der Waals surface area contributed by atoms with E-state index in [-0.39, 0.29) is 23.7 Å². The number of ketones is 1. The lowest BCUT2D eigenvalue weighted by molar-refractivity contribution is 0.101. The maximum Gasteiger partial charge on any atom is 0.321 e. The highest BCUT2D eigenvalue weighted by Gasteiger charge is 2.24. The molecule has 0 radical (unpaired) electrons. The minimum absolute atomic E-state index is 0.00308. The van der Waals surface area contributed by atoms with Crippen LogP contribution in [0.15, 0.2) is 48.5 Å². The Bertz CT molecular complexity index is 839. The summed E-state index contributed by atoms with van der Waals surface area (Å²) in [5, 5.41) is 2.84. The molecule has 1 aliphatic rings. The van der Waals surface area contributed by atoms with E-state index in [1.165, 1.54) is 19.1 Å². The molecule has 0 aliphatic carbocycles. The van der Waals surface area contributed by atoms with Crippen LogP contribution < -0.4 is 16.2 Å². The van der Waals surface area contributed by atoms with E-state index in [9.17, 15) is 14.0 Å². The number of amides is 2. The predicted octanol–water partition coefficient (Wildman–Crippen LogP) is 3.88. The molecule has 0 spiro atoms. The van der Waals surface area contributed by atoms with Gasteiger partial charge in [-0.25, -0.2) is 9.18 Å². The standard InChI is InChI=1S/C22H27FN4O2/c1-15(28)16-7-11-19(12-8-16)24-22(29)27(2)13-3-4-20-14-21(26-25-20)17-5-9-18(23)10-6-17/h5-12,20-21,25-26H,3-4,13-14H2,1-2H3,(H,24,29). The highest BCUT2D eigenvalue weighted by molar-refractivity contribution is 5.95. The van der Waals surface area contributed by atoms with Crippen molar-refractivity contribution in [2.45, 2.75) is 38.3 Å². The Morgan fingerprint density at radius 1 is 1.10 bits per heavy atom. The maximum absolute atomic E-state index is 13.1. The van der Waals surface area contributed by atoms with Gasteiger partial charge in [-0.15, -0.1) is 0 Å². The third kappa shape index (κ3) is 5.85. The molecule has 6 nitrogen and oxygen atoms in total. The molecule has 3 N–H and O–H groups in total. The van der Waals surface area contributed by atoms with E-state index in [0.29, 0.717) is 23.8 Å². The van der Waals surface area contributed by atoms with Gasteiger partial charge in [0.1, 0.15) is 5.82 Å². The number of nitrogens with one attached hydrogen (secondary N) is 3. The Balaban J connectivity index is 1.39. The van der Waals surface area contributed by atoms with Crippen LogP contribution in [-0.2, 0) is 0 Å². The quantitative estimate of drug-likeness (QED) is 0.619. The fourth-order valence-corrected chi connectivity index (χ4v) is 3.41. The third-order valence-corrected chi connectivity index (χ3v) is 5.19. The molecule has 2 amide bonds. The van der Waals surface area contributed by atoms with E-state index in [0.717, 1.165) is 24.8 Å². The minimum Gasteiger partial charge on any atom is -0.328 e. The summed E-state index contributed by atoms with van der Waals surface area (Å²) in [6.45, 7) is 2.15. The molecule has 7 heteroatoms. The van der Waals surface area contributed by atoms with Gasteiger partial charge >= 0.3 is 6.03 Å². The highest BCUT2D eigenvalue weighted by atomic mass is 19.1. The summed E-state index contributed by atoms with van der Waals surface area (Å²) < 4.78 is 13.1. The van der Waals surface area contributed by atoms with E-state index in [4.69, 9.17) is 0 Å². The Morgan fingerprint density at radius 2 is 1.79 bits per heavy atom. The first-order chi connectivity index (χ1) is 13.9. The minimum atomic E-state index is -0.229. The van der Waals surface area contributed by atoms with Crippen molar-refractivity contribution in [1.82, 2.24) is 15.8 Å². The first kappa shape index (κ1) is 21.0. The predicted molar refractivity (Wildman–Crippen MR) is 111 cm³/mol. The van der Waals surface area contributed by atoms with E-state index < -0.39 is 0 Å². The Kier molecular flexibility index (Phi) is 6.95. The van der Waals surface area contributed by atoms with E-state index in [1.54, 1.807) is 48.3 Å². The number of hydrazine groups is 1. The number of urea groups is 1. The van der Waals surface area contributed by atoms with Gasteiger partial charge in [0.25, 0.3) is 0 Å². The van der Waals surface area contributed by atoms with E-state index >= 15 is 0 Å². The SMILES string of the molecule is CC(=O)c1ccc(NC(=O)N(C)CCCC2CC(c3ccc(F)cc3)NN2)cc1. The molecule has 1 saturated heterocycles. The summed E-state index contributed by atoms with van der Waals surface area (Å²) in [7, 11) is 1.76. The second kappa shape index (κ2) is 9.62. The molecule has 2 aromatic carbocycles. The topological polar surface area (TPSA) is 73.5 Å². The van der Waals surface area contributed by atoms with Crippen LogP contribution in [-0.4, -0.2) is 36.3 Å². The zero-order valence-electron chi connectivity index (χ0n) is 16.7. The van der Waals surface area contributed by atoms with Crippen molar-refractivity contribution < 1.29 is 14.0 Å². The van der Waals surface area contributed by atoms with Gasteiger partial charge in [0.05, 0.1) is 0 Å². The molecule has 3 rings (SSSR count). The molecular formula is C22H27FN4O2. The van der Waals surface area contributed by atoms with E-state index in [1.807, 2.05) is 0 Å². The molecule has 29 heavy (non-hydrogen) atoms. The van der Waals surface area contributed by atoms with Crippen LogP contribution in [0.2, 0.25) is 0 Å². The van der Waals surface area contributed by atoms with Gasteiger partial charge in [0, 0.05) is 36.9 Å². The number of rotatable bonds is 7. The van der Waals surface area contributed by atoms with Gasteiger partial charge in [-0.3, -0.25) is 15.6 Å². The van der Waals surface area contributed by atoms with Crippen molar-refractivity contribution >= 4 is 17.5 Å².